The standard InChI is InChI=1S/C7H14INO/c1-10-6-7-2-4-9(8)5-3-7/h7H,2-6H2,1H3. The molecule has 0 radical (unpaired) electrons. The number of methoxy groups -OCH3 is 1. The van der Waals surface area contributed by atoms with Crippen molar-refractivity contribution in [1.29, 1.82) is 0 Å². The lowest BCUT2D eigenvalue weighted by molar-refractivity contribution is 0.126. The molecule has 60 valence electrons. The lowest BCUT2D eigenvalue weighted by atomic mass is 9.99. The van der Waals surface area contributed by atoms with Crippen LogP contribution >= 0.6 is 22.9 Å². The molecule has 2 nitrogen and oxygen atoms in total. The van der Waals surface area contributed by atoms with E-state index in [1.807, 2.05) is 0 Å². The van der Waals surface area contributed by atoms with Crippen LogP contribution < -0.4 is 0 Å². The van der Waals surface area contributed by atoms with Gasteiger partial charge >= 0.3 is 0 Å². The summed E-state index contributed by atoms with van der Waals surface area (Å²) in [4.78, 5) is 0. The summed E-state index contributed by atoms with van der Waals surface area (Å²) in [5, 5.41) is 0. The maximum Gasteiger partial charge on any atom is 0.0491 e. The summed E-state index contributed by atoms with van der Waals surface area (Å²) < 4.78 is 7.45. The number of hydrogen-bond donors (Lipinski definition) is 0. The first-order valence-electron chi connectivity index (χ1n) is 3.72. The van der Waals surface area contributed by atoms with Crippen molar-refractivity contribution < 1.29 is 4.74 Å². The Morgan fingerprint density at radius 1 is 1.50 bits per heavy atom. The fraction of sp³-hybridized carbons (Fsp3) is 1.00. The van der Waals surface area contributed by atoms with Gasteiger partial charge < -0.3 is 4.74 Å². The molecule has 10 heavy (non-hydrogen) atoms. The van der Waals surface area contributed by atoms with Crippen LogP contribution in [0.25, 0.3) is 0 Å². The van der Waals surface area contributed by atoms with Crippen LogP contribution in [-0.2, 0) is 4.74 Å². The third kappa shape index (κ3) is 2.72. The SMILES string of the molecule is COCC1CCN(I)CC1. The molecule has 1 saturated heterocycles. The highest BCUT2D eigenvalue weighted by atomic mass is 127. The predicted molar refractivity (Wildman–Crippen MR) is 50.2 cm³/mol. The quantitative estimate of drug-likeness (QED) is 0.550. The smallest absolute Gasteiger partial charge is 0.0491 e. The summed E-state index contributed by atoms with van der Waals surface area (Å²) in [6.45, 7) is 3.41. The van der Waals surface area contributed by atoms with Crippen molar-refractivity contribution in [2.24, 2.45) is 5.92 Å². The maximum absolute atomic E-state index is 5.10. The van der Waals surface area contributed by atoms with Gasteiger partial charge in [0.25, 0.3) is 0 Å². The second-order valence-electron chi connectivity index (χ2n) is 2.81. The highest BCUT2D eigenvalue weighted by Crippen LogP contribution is 2.19. The van der Waals surface area contributed by atoms with Gasteiger partial charge in [-0.15, -0.1) is 0 Å². The molecule has 0 aromatic carbocycles. The first-order chi connectivity index (χ1) is 4.83. The molecule has 0 bridgehead atoms. The van der Waals surface area contributed by atoms with Gasteiger partial charge in [-0.25, -0.2) is 3.11 Å². The Hall–Kier alpha value is 0.650. The Morgan fingerprint density at radius 3 is 2.60 bits per heavy atom. The zero-order valence-corrected chi connectivity index (χ0v) is 8.50. The van der Waals surface area contributed by atoms with E-state index in [-0.39, 0.29) is 0 Å². The Labute approximate surface area is 76.4 Å². The van der Waals surface area contributed by atoms with Crippen molar-refractivity contribution in [3.63, 3.8) is 0 Å². The van der Waals surface area contributed by atoms with Crippen LogP contribution in [-0.4, -0.2) is 29.9 Å². The van der Waals surface area contributed by atoms with E-state index in [9.17, 15) is 0 Å². The molecule has 3 heteroatoms. The molecule has 0 atom stereocenters. The van der Waals surface area contributed by atoms with Crippen LogP contribution in [0.1, 0.15) is 12.8 Å². The molecule has 0 unspecified atom stereocenters. The lowest BCUT2D eigenvalue weighted by Gasteiger charge is -2.26. The third-order valence-corrected chi connectivity index (χ3v) is 2.93. The van der Waals surface area contributed by atoms with Crippen molar-refractivity contribution in [1.82, 2.24) is 3.11 Å². The average molecular weight is 255 g/mol. The summed E-state index contributed by atoms with van der Waals surface area (Å²) in [5.74, 6) is 0.816. The maximum atomic E-state index is 5.10. The van der Waals surface area contributed by atoms with E-state index in [4.69, 9.17) is 4.74 Å². The molecular weight excluding hydrogens is 241 g/mol. The van der Waals surface area contributed by atoms with E-state index in [1.54, 1.807) is 7.11 Å². The van der Waals surface area contributed by atoms with Crippen molar-refractivity contribution >= 4 is 22.9 Å². The predicted octanol–water partition coefficient (Wildman–Crippen LogP) is 1.69. The molecule has 1 aliphatic heterocycles. The second-order valence-corrected chi connectivity index (χ2v) is 4.17. The Balaban J connectivity index is 2.13. The minimum Gasteiger partial charge on any atom is -0.384 e. The van der Waals surface area contributed by atoms with Crippen LogP contribution in [0.15, 0.2) is 0 Å². The second kappa shape index (κ2) is 4.51. The van der Waals surface area contributed by atoms with Gasteiger partial charge in [-0.05, 0) is 18.8 Å². The normalized spacial score (nSPS) is 23.4. The van der Waals surface area contributed by atoms with Gasteiger partial charge in [-0.1, -0.05) is 0 Å². The highest BCUT2D eigenvalue weighted by molar-refractivity contribution is 14.1. The molecular formula is C7H14INO. The van der Waals surface area contributed by atoms with E-state index in [0.29, 0.717) is 0 Å². The van der Waals surface area contributed by atoms with Crippen LogP contribution in [0.5, 0.6) is 0 Å². The number of piperidine rings is 1. The molecule has 0 saturated carbocycles. The molecule has 0 N–H and O–H groups in total. The average Bonchev–Trinajstić information content (AvgIpc) is 1.95. The molecule has 1 fully saturated rings. The van der Waals surface area contributed by atoms with Gasteiger partial charge in [0.2, 0.25) is 0 Å². The molecule has 0 spiro atoms. The minimum absolute atomic E-state index is 0.816. The number of hydrogen-bond acceptors (Lipinski definition) is 2. The summed E-state index contributed by atoms with van der Waals surface area (Å²) in [6.07, 6.45) is 2.60. The van der Waals surface area contributed by atoms with Gasteiger partial charge in [0.05, 0.1) is 0 Å². The van der Waals surface area contributed by atoms with E-state index in [2.05, 4.69) is 26.0 Å². The van der Waals surface area contributed by atoms with Gasteiger partial charge in [0.1, 0.15) is 0 Å². The largest absolute Gasteiger partial charge is 0.384 e. The van der Waals surface area contributed by atoms with Crippen molar-refractivity contribution in [3.8, 4) is 0 Å². The number of ether oxygens (including phenoxy) is 1. The molecule has 1 aliphatic rings. The van der Waals surface area contributed by atoms with Crippen LogP contribution in [0, 0.1) is 5.92 Å². The van der Waals surface area contributed by atoms with Gasteiger partial charge in [-0.2, -0.15) is 0 Å². The zero-order chi connectivity index (χ0) is 7.40. The van der Waals surface area contributed by atoms with Crippen LogP contribution in [0.3, 0.4) is 0 Å². The first-order valence-corrected chi connectivity index (χ1v) is 4.69. The molecule has 1 rings (SSSR count). The molecule has 1 heterocycles. The highest BCUT2D eigenvalue weighted by Gasteiger charge is 2.16. The molecule has 0 aromatic heterocycles. The summed E-state index contributed by atoms with van der Waals surface area (Å²) >= 11 is 2.39. The van der Waals surface area contributed by atoms with Gasteiger partial charge in [-0.3, -0.25) is 0 Å². The number of rotatable bonds is 2. The molecule has 0 amide bonds. The number of nitrogens with zero attached hydrogens (tertiary/aromatic N) is 1. The minimum atomic E-state index is 0.816. The monoisotopic (exact) mass is 255 g/mol. The van der Waals surface area contributed by atoms with Crippen molar-refractivity contribution in [3.05, 3.63) is 0 Å². The summed E-state index contributed by atoms with van der Waals surface area (Å²) in [6, 6.07) is 0. The lowest BCUT2D eigenvalue weighted by Crippen LogP contribution is -2.27. The molecule has 0 aliphatic carbocycles. The summed E-state index contributed by atoms with van der Waals surface area (Å²) in [7, 11) is 1.79. The van der Waals surface area contributed by atoms with Crippen LogP contribution in [0.2, 0.25) is 0 Å². The van der Waals surface area contributed by atoms with Crippen molar-refractivity contribution in [2.75, 3.05) is 26.8 Å². The van der Waals surface area contributed by atoms with E-state index < -0.39 is 0 Å². The van der Waals surface area contributed by atoms with E-state index in [1.165, 1.54) is 25.9 Å². The van der Waals surface area contributed by atoms with E-state index in [0.717, 1.165) is 12.5 Å². The third-order valence-electron chi connectivity index (χ3n) is 1.96. The Bertz CT molecular complexity index is 91.6. The fourth-order valence-electron chi connectivity index (χ4n) is 1.30. The zero-order valence-electron chi connectivity index (χ0n) is 6.35. The first kappa shape index (κ1) is 8.74. The Morgan fingerprint density at radius 2 is 2.10 bits per heavy atom. The Kier molecular flexibility index (Phi) is 3.95. The number of halogens is 1. The van der Waals surface area contributed by atoms with Gasteiger partial charge in [0, 0.05) is 49.7 Å². The molecule has 0 aromatic rings. The topological polar surface area (TPSA) is 12.5 Å². The van der Waals surface area contributed by atoms with E-state index >= 15 is 0 Å². The van der Waals surface area contributed by atoms with Gasteiger partial charge in [0.15, 0.2) is 0 Å². The van der Waals surface area contributed by atoms with Crippen LogP contribution in [0.4, 0.5) is 0 Å². The summed E-state index contributed by atoms with van der Waals surface area (Å²) in [5.41, 5.74) is 0. The fourth-order valence-corrected chi connectivity index (χ4v) is 1.86. The van der Waals surface area contributed by atoms with Crippen molar-refractivity contribution in [2.45, 2.75) is 12.8 Å².